The van der Waals surface area contributed by atoms with E-state index in [1.54, 1.807) is 0 Å². The molecule has 0 aliphatic heterocycles. The fourth-order valence-electron chi connectivity index (χ4n) is 0.964. The monoisotopic (exact) mass is 165 g/mol. The van der Waals surface area contributed by atoms with Crippen LogP contribution in [-0.4, -0.2) is 9.80 Å². The van der Waals surface area contributed by atoms with Crippen molar-refractivity contribution in [2.75, 3.05) is 0 Å². The van der Waals surface area contributed by atoms with Crippen LogP contribution in [0.15, 0.2) is 29.2 Å². The molecule has 1 aliphatic rings. The molecule has 1 unspecified atom stereocenters. The van der Waals surface area contributed by atoms with Crippen LogP contribution >= 0.6 is 0 Å². The van der Waals surface area contributed by atoms with Gasteiger partial charge in [-0.1, -0.05) is 12.1 Å². The molecule has 0 bridgehead atoms. The quantitative estimate of drug-likeness (QED) is 0.612. The van der Waals surface area contributed by atoms with Crippen molar-refractivity contribution in [1.29, 1.82) is 0 Å². The van der Waals surface area contributed by atoms with E-state index < -0.39 is 11.2 Å². The molecule has 1 aromatic carbocycles. The van der Waals surface area contributed by atoms with E-state index in [1.807, 2.05) is 24.3 Å². The zero-order valence-electron chi connectivity index (χ0n) is 6.12. The molecule has 1 aliphatic carbocycles. The summed E-state index contributed by atoms with van der Waals surface area (Å²) in [6.07, 6.45) is 2.24. The molecule has 1 nitrogen and oxygen atoms in total. The molecule has 1 aromatic rings. The van der Waals surface area contributed by atoms with E-state index in [1.165, 1.54) is 0 Å². The lowest BCUT2D eigenvalue weighted by Gasteiger charge is -2.07. The van der Waals surface area contributed by atoms with E-state index in [4.69, 9.17) is 0 Å². The van der Waals surface area contributed by atoms with Crippen molar-refractivity contribution in [3.05, 3.63) is 30.3 Å². The summed E-state index contributed by atoms with van der Waals surface area (Å²) >= 11 is -0.780. The van der Waals surface area contributed by atoms with Gasteiger partial charge in [0.2, 0.25) is 0 Å². The second-order valence-electron chi connectivity index (χ2n) is 2.72. The van der Waals surface area contributed by atoms with Crippen LogP contribution in [0.1, 0.15) is 12.8 Å². The molecule has 11 heavy (non-hydrogen) atoms. The molecule has 1 saturated carbocycles. The number of hydrogen-bond acceptors (Lipinski definition) is 1. The molecule has 1 fully saturated rings. The molecule has 0 amide bonds. The predicted molar refractivity (Wildman–Crippen MR) is 44.7 cm³/mol. The van der Waals surface area contributed by atoms with Gasteiger partial charge in [0.25, 0.3) is 0 Å². The molecule has 0 spiro atoms. The Labute approximate surface area is 69.6 Å². The molecule has 2 rings (SSSR count). The Balaban J connectivity index is 2.15. The second kappa shape index (κ2) is 2.88. The number of benzene rings is 1. The molecular formula is C9H9OS. The topological polar surface area (TPSA) is 23.1 Å². The average Bonchev–Trinajstić information content (AvgIpc) is 2.87. The highest BCUT2D eigenvalue weighted by atomic mass is 32.2. The lowest BCUT2D eigenvalue weighted by atomic mass is 10.4. The maximum Gasteiger partial charge on any atom is 0.160 e. The lowest BCUT2D eigenvalue weighted by molar-refractivity contribution is 0.593. The van der Waals surface area contributed by atoms with Crippen molar-refractivity contribution >= 4 is 11.2 Å². The van der Waals surface area contributed by atoms with Gasteiger partial charge in [0.15, 0.2) is 4.90 Å². The summed E-state index contributed by atoms with van der Waals surface area (Å²) in [5.41, 5.74) is 0. The average molecular weight is 165 g/mol. The standard InChI is InChI=1S/C9H9OS/c10-11(9-6-7-9)8-4-2-1-3-5-8/h1-4,9H,6-7H2. The molecular weight excluding hydrogens is 156 g/mol. The number of hydrogen-bond donors (Lipinski definition) is 0. The molecule has 1 radical (unpaired) electrons. The van der Waals surface area contributed by atoms with Crippen LogP contribution in [0.3, 0.4) is 0 Å². The van der Waals surface area contributed by atoms with Crippen LogP contribution in [0.5, 0.6) is 0 Å². The first-order chi connectivity index (χ1) is 5.38. The fourth-order valence-corrected chi connectivity index (χ4v) is 2.28. The molecule has 0 aromatic heterocycles. The van der Waals surface area contributed by atoms with E-state index in [0.717, 1.165) is 17.7 Å². The van der Waals surface area contributed by atoms with Crippen molar-refractivity contribution in [1.82, 2.24) is 0 Å². The Morgan fingerprint density at radius 3 is 2.82 bits per heavy atom. The zero-order valence-corrected chi connectivity index (χ0v) is 6.93. The van der Waals surface area contributed by atoms with Crippen molar-refractivity contribution in [2.45, 2.75) is 23.0 Å². The van der Waals surface area contributed by atoms with E-state index in [-0.39, 0.29) is 0 Å². The van der Waals surface area contributed by atoms with Crippen molar-refractivity contribution < 1.29 is 4.55 Å². The van der Waals surface area contributed by atoms with Gasteiger partial charge in [-0.05, 0) is 23.3 Å². The molecule has 1 atom stereocenters. The summed E-state index contributed by atoms with van der Waals surface area (Å²) in [6.45, 7) is 0. The highest BCUT2D eigenvalue weighted by Gasteiger charge is 2.35. The fraction of sp³-hybridized carbons (Fsp3) is 0.333. The largest absolute Gasteiger partial charge is 0.611 e. The van der Waals surface area contributed by atoms with Gasteiger partial charge in [0.1, 0.15) is 5.25 Å². The van der Waals surface area contributed by atoms with Crippen molar-refractivity contribution in [3.8, 4) is 0 Å². The van der Waals surface area contributed by atoms with Crippen LogP contribution in [0.25, 0.3) is 0 Å². The maximum atomic E-state index is 11.5. The summed E-state index contributed by atoms with van der Waals surface area (Å²) in [7, 11) is 0. The highest BCUT2D eigenvalue weighted by Crippen LogP contribution is 2.32. The first-order valence-electron chi connectivity index (χ1n) is 3.75. The lowest BCUT2D eigenvalue weighted by Crippen LogP contribution is -2.06. The minimum Gasteiger partial charge on any atom is -0.611 e. The minimum atomic E-state index is -0.780. The number of rotatable bonds is 2. The van der Waals surface area contributed by atoms with Gasteiger partial charge in [-0.25, -0.2) is 0 Å². The maximum absolute atomic E-state index is 11.5. The summed E-state index contributed by atoms with van der Waals surface area (Å²) in [5, 5.41) is 0.425. The van der Waals surface area contributed by atoms with Gasteiger partial charge >= 0.3 is 0 Å². The van der Waals surface area contributed by atoms with E-state index in [0.29, 0.717) is 5.25 Å². The molecule has 0 saturated heterocycles. The second-order valence-corrected chi connectivity index (χ2v) is 4.42. The predicted octanol–water partition coefficient (Wildman–Crippen LogP) is 1.76. The van der Waals surface area contributed by atoms with E-state index in [2.05, 4.69) is 6.07 Å². The van der Waals surface area contributed by atoms with Crippen molar-refractivity contribution in [2.24, 2.45) is 0 Å². The van der Waals surface area contributed by atoms with E-state index >= 15 is 0 Å². The Morgan fingerprint density at radius 1 is 1.45 bits per heavy atom. The van der Waals surface area contributed by atoms with Crippen LogP contribution < -0.4 is 0 Å². The van der Waals surface area contributed by atoms with Gasteiger partial charge in [-0.3, -0.25) is 0 Å². The summed E-state index contributed by atoms with van der Waals surface area (Å²) < 4.78 is 11.5. The van der Waals surface area contributed by atoms with Gasteiger partial charge < -0.3 is 4.55 Å². The first-order valence-corrected chi connectivity index (χ1v) is 4.96. The molecule has 2 heteroatoms. The molecule has 0 N–H and O–H groups in total. The Kier molecular flexibility index (Phi) is 1.88. The van der Waals surface area contributed by atoms with Crippen LogP contribution in [0.2, 0.25) is 0 Å². The summed E-state index contributed by atoms with van der Waals surface area (Å²) in [6, 6.07) is 10.5. The minimum absolute atomic E-state index is 0.425. The van der Waals surface area contributed by atoms with Crippen LogP contribution in [0, 0.1) is 6.07 Å². The van der Waals surface area contributed by atoms with Gasteiger partial charge in [-0.2, -0.15) is 0 Å². The highest BCUT2D eigenvalue weighted by molar-refractivity contribution is 7.92. The normalized spacial score (nSPS) is 19.7. The summed E-state index contributed by atoms with van der Waals surface area (Å²) in [5.74, 6) is 0. The van der Waals surface area contributed by atoms with Crippen molar-refractivity contribution in [3.63, 3.8) is 0 Å². The third-order valence-corrected chi connectivity index (χ3v) is 3.49. The van der Waals surface area contributed by atoms with Gasteiger partial charge in [0.05, 0.1) is 0 Å². The van der Waals surface area contributed by atoms with Gasteiger partial charge in [0, 0.05) is 18.9 Å². The Morgan fingerprint density at radius 2 is 2.27 bits per heavy atom. The SMILES string of the molecule is [O-][S+](c1[c]cccc1)C1CC1. The third-order valence-electron chi connectivity index (χ3n) is 1.72. The Hall–Kier alpha value is -0.470. The van der Waals surface area contributed by atoms with Crippen LogP contribution in [-0.2, 0) is 11.2 Å². The Bertz CT molecular complexity index is 231. The molecule has 0 heterocycles. The third kappa shape index (κ3) is 1.57. The van der Waals surface area contributed by atoms with Crippen LogP contribution in [0.4, 0.5) is 0 Å². The van der Waals surface area contributed by atoms with Gasteiger partial charge in [-0.15, -0.1) is 0 Å². The molecule has 57 valence electrons. The van der Waals surface area contributed by atoms with E-state index in [9.17, 15) is 4.55 Å². The zero-order chi connectivity index (χ0) is 7.68. The smallest absolute Gasteiger partial charge is 0.160 e. The first kappa shape index (κ1) is 7.19. The summed E-state index contributed by atoms with van der Waals surface area (Å²) in [4.78, 5) is 0.856.